The van der Waals surface area contributed by atoms with Crippen molar-refractivity contribution in [1.29, 1.82) is 0 Å². The molecule has 0 aromatic heterocycles. The van der Waals surface area contributed by atoms with Gasteiger partial charge in [0, 0.05) is 31.7 Å². The van der Waals surface area contributed by atoms with Crippen molar-refractivity contribution in [3.05, 3.63) is 36.4 Å². The lowest BCUT2D eigenvalue weighted by atomic mass is 9.69. The number of carbonyl (C=O) groups excluding carboxylic acids is 1. The van der Waals surface area contributed by atoms with E-state index in [-0.39, 0.29) is 35.0 Å². The molecule has 3 saturated heterocycles. The highest BCUT2D eigenvalue weighted by Crippen LogP contribution is 2.43. The summed E-state index contributed by atoms with van der Waals surface area (Å²) < 4.78 is 28.6. The van der Waals surface area contributed by atoms with Gasteiger partial charge in [-0.2, -0.15) is 4.31 Å². The van der Waals surface area contributed by atoms with Gasteiger partial charge in [0.15, 0.2) is 0 Å². The van der Waals surface area contributed by atoms with E-state index in [1.807, 2.05) is 6.08 Å². The van der Waals surface area contributed by atoms with Crippen molar-refractivity contribution >= 4 is 27.6 Å². The second-order valence-electron chi connectivity index (χ2n) is 9.10. The van der Waals surface area contributed by atoms with Crippen LogP contribution in [0.15, 0.2) is 41.3 Å². The largest absolute Gasteiger partial charge is 0.481 e. The predicted molar refractivity (Wildman–Crippen MR) is 121 cm³/mol. The first-order chi connectivity index (χ1) is 15.3. The molecule has 0 spiro atoms. The number of carboxylic acid groups (broad SMARTS) is 1. The third kappa shape index (κ3) is 4.74. The molecule has 1 aromatic carbocycles. The normalized spacial score (nSPS) is 28.9. The first kappa shape index (κ1) is 22.9. The lowest BCUT2D eigenvalue weighted by Gasteiger charge is -2.55. The summed E-state index contributed by atoms with van der Waals surface area (Å²) in [7, 11) is -3.67. The molecule has 2 N–H and O–H groups in total. The van der Waals surface area contributed by atoms with E-state index in [0.29, 0.717) is 24.8 Å². The van der Waals surface area contributed by atoms with Crippen LogP contribution in [0.2, 0.25) is 0 Å². The van der Waals surface area contributed by atoms with Gasteiger partial charge in [-0.3, -0.25) is 14.5 Å². The number of nitrogens with zero attached hydrogens (tertiary/aromatic N) is 2. The number of amides is 1. The SMILES string of the molecule is CC(=O)Nc1ccc(S(=O)(=O)N2CC3CCCN4CCC(/C=C/CC(=O)O)C(C2)C34)cc1. The summed E-state index contributed by atoms with van der Waals surface area (Å²) in [6.45, 7) is 4.40. The summed E-state index contributed by atoms with van der Waals surface area (Å²) in [5.41, 5.74) is 0.564. The van der Waals surface area contributed by atoms with Crippen LogP contribution >= 0.6 is 0 Å². The standard InChI is InChI=1S/C23H31N3O5S/c1-16(27)24-19-7-9-20(10-8-19)32(30,31)26-14-18-5-3-12-25-13-11-17(4-2-6-22(28)29)21(15-26)23(18)25/h2,4,7-10,17-18,21,23H,3,5-6,11-15H2,1H3,(H,24,27)(H,28,29)/b4-2+. The maximum absolute atomic E-state index is 13.5. The number of piperidine rings is 3. The van der Waals surface area contributed by atoms with Gasteiger partial charge in [0.25, 0.3) is 0 Å². The van der Waals surface area contributed by atoms with Gasteiger partial charge >= 0.3 is 5.97 Å². The fraction of sp³-hybridized carbons (Fsp3) is 0.565. The third-order valence-electron chi connectivity index (χ3n) is 7.00. The number of carboxylic acids is 1. The van der Waals surface area contributed by atoms with Crippen LogP contribution in [-0.4, -0.2) is 66.8 Å². The van der Waals surface area contributed by atoms with E-state index in [9.17, 15) is 18.0 Å². The molecule has 0 bridgehead atoms. The van der Waals surface area contributed by atoms with Gasteiger partial charge in [0.05, 0.1) is 11.3 Å². The molecule has 4 rings (SSSR count). The second-order valence-corrected chi connectivity index (χ2v) is 11.0. The van der Waals surface area contributed by atoms with Gasteiger partial charge in [-0.05, 0) is 74.4 Å². The number of aliphatic carboxylic acids is 1. The average Bonchev–Trinajstić information content (AvgIpc) is 2.75. The molecule has 4 unspecified atom stereocenters. The molecular weight excluding hydrogens is 430 g/mol. The molecular formula is C23H31N3O5S. The van der Waals surface area contributed by atoms with E-state index >= 15 is 0 Å². The Morgan fingerprint density at radius 3 is 2.59 bits per heavy atom. The molecule has 32 heavy (non-hydrogen) atoms. The lowest BCUT2D eigenvalue weighted by Crippen LogP contribution is -2.63. The van der Waals surface area contributed by atoms with Crippen LogP contribution < -0.4 is 5.32 Å². The third-order valence-corrected chi connectivity index (χ3v) is 8.85. The number of allylic oxidation sites excluding steroid dienone is 1. The number of nitrogens with one attached hydrogen (secondary N) is 1. The van der Waals surface area contributed by atoms with E-state index < -0.39 is 16.0 Å². The van der Waals surface area contributed by atoms with Crippen LogP contribution in [-0.2, 0) is 19.6 Å². The second kappa shape index (κ2) is 9.33. The van der Waals surface area contributed by atoms with Crippen molar-refractivity contribution in [2.45, 2.75) is 43.5 Å². The van der Waals surface area contributed by atoms with Crippen LogP contribution in [0.5, 0.6) is 0 Å². The highest BCUT2D eigenvalue weighted by molar-refractivity contribution is 7.89. The zero-order valence-electron chi connectivity index (χ0n) is 18.3. The topological polar surface area (TPSA) is 107 Å². The van der Waals surface area contributed by atoms with Crippen molar-refractivity contribution in [2.75, 3.05) is 31.5 Å². The van der Waals surface area contributed by atoms with Gasteiger partial charge in [-0.1, -0.05) is 12.2 Å². The maximum Gasteiger partial charge on any atom is 0.307 e. The van der Waals surface area contributed by atoms with Crippen LogP contribution in [0, 0.1) is 17.8 Å². The minimum atomic E-state index is -3.67. The number of anilines is 1. The molecule has 3 aliphatic rings. The zero-order chi connectivity index (χ0) is 22.9. The van der Waals surface area contributed by atoms with Gasteiger partial charge in [-0.15, -0.1) is 0 Å². The van der Waals surface area contributed by atoms with Crippen molar-refractivity contribution in [2.24, 2.45) is 17.8 Å². The molecule has 8 nitrogen and oxygen atoms in total. The van der Waals surface area contributed by atoms with Gasteiger partial charge in [-0.25, -0.2) is 8.42 Å². The summed E-state index contributed by atoms with van der Waals surface area (Å²) in [5.74, 6) is -0.446. The molecule has 174 valence electrons. The summed E-state index contributed by atoms with van der Waals surface area (Å²) >= 11 is 0. The van der Waals surface area contributed by atoms with Crippen molar-refractivity contribution in [3.63, 3.8) is 0 Å². The number of carbonyl (C=O) groups is 2. The Kier molecular flexibility index (Phi) is 6.69. The maximum atomic E-state index is 13.5. The summed E-state index contributed by atoms with van der Waals surface area (Å²) in [6.07, 6.45) is 6.71. The first-order valence-corrected chi connectivity index (χ1v) is 12.7. The van der Waals surface area contributed by atoms with Crippen LogP contribution in [0.3, 0.4) is 0 Å². The predicted octanol–water partition coefficient (Wildman–Crippen LogP) is 2.40. The van der Waals surface area contributed by atoms with Crippen molar-refractivity contribution in [3.8, 4) is 0 Å². The Hall–Kier alpha value is -2.23. The summed E-state index contributed by atoms with van der Waals surface area (Å²) in [4.78, 5) is 24.9. The van der Waals surface area contributed by atoms with Crippen LogP contribution in [0.1, 0.15) is 32.6 Å². The molecule has 1 aromatic rings. The van der Waals surface area contributed by atoms with E-state index in [4.69, 9.17) is 5.11 Å². The van der Waals surface area contributed by atoms with E-state index in [2.05, 4.69) is 10.2 Å². The molecule has 0 saturated carbocycles. The van der Waals surface area contributed by atoms with Gasteiger partial charge < -0.3 is 10.4 Å². The fourth-order valence-electron chi connectivity index (χ4n) is 5.69. The monoisotopic (exact) mass is 461 g/mol. The Morgan fingerprint density at radius 2 is 1.91 bits per heavy atom. The molecule has 3 heterocycles. The molecule has 3 aliphatic heterocycles. The molecule has 0 radical (unpaired) electrons. The zero-order valence-corrected chi connectivity index (χ0v) is 19.1. The number of hydrogen-bond acceptors (Lipinski definition) is 5. The number of hydrogen-bond donors (Lipinski definition) is 2. The van der Waals surface area contributed by atoms with E-state index in [1.165, 1.54) is 6.92 Å². The molecule has 0 aliphatic carbocycles. The van der Waals surface area contributed by atoms with E-state index in [1.54, 1.807) is 34.6 Å². The molecule has 9 heteroatoms. The highest BCUT2D eigenvalue weighted by Gasteiger charge is 2.49. The average molecular weight is 462 g/mol. The Morgan fingerprint density at radius 1 is 1.16 bits per heavy atom. The quantitative estimate of drug-likeness (QED) is 0.630. The highest BCUT2D eigenvalue weighted by atomic mass is 32.2. The first-order valence-electron chi connectivity index (χ1n) is 11.3. The Labute approximate surface area is 189 Å². The number of benzene rings is 1. The summed E-state index contributed by atoms with van der Waals surface area (Å²) in [5, 5.41) is 11.6. The minimum absolute atomic E-state index is 0.0102. The Bertz CT molecular complexity index is 991. The van der Waals surface area contributed by atoms with Crippen molar-refractivity contribution in [1.82, 2.24) is 9.21 Å². The van der Waals surface area contributed by atoms with Gasteiger partial charge in [0.2, 0.25) is 15.9 Å². The van der Waals surface area contributed by atoms with Crippen LogP contribution in [0.4, 0.5) is 5.69 Å². The summed E-state index contributed by atoms with van der Waals surface area (Å²) in [6, 6.07) is 6.67. The number of rotatable bonds is 6. The molecule has 3 fully saturated rings. The Balaban J connectivity index is 1.58. The smallest absolute Gasteiger partial charge is 0.307 e. The van der Waals surface area contributed by atoms with Gasteiger partial charge in [0.1, 0.15) is 0 Å². The lowest BCUT2D eigenvalue weighted by molar-refractivity contribution is -0.136. The molecule has 4 atom stereocenters. The molecule has 1 amide bonds. The van der Waals surface area contributed by atoms with Crippen LogP contribution in [0.25, 0.3) is 0 Å². The van der Waals surface area contributed by atoms with Crippen molar-refractivity contribution < 1.29 is 23.1 Å². The van der Waals surface area contributed by atoms with E-state index in [0.717, 1.165) is 32.4 Å². The minimum Gasteiger partial charge on any atom is -0.481 e. The fourth-order valence-corrected chi connectivity index (χ4v) is 7.23. The number of sulfonamides is 1.